The predicted molar refractivity (Wildman–Crippen MR) is 138 cm³/mol. The second-order valence-corrected chi connectivity index (χ2v) is 8.98. The van der Waals surface area contributed by atoms with Gasteiger partial charge in [0.1, 0.15) is 18.1 Å². The van der Waals surface area contributed by atoms with Crippen molar-refractivity contribution >= 4 is 29.7 Å². The molecule has 0 aliphatic rings. The maximum atomic E-state index is 13.3. The lowest BCUT2D eigenvalue weighted by Gasteiger charge is -2.24. The minimum absolute atomic E-state index is 0.0748. The second-order valence-electron chi connectivity index (χ2n) is 8.98. The van der Waals surface area contributed by atoms with Crippen LogP contribution in [0.1, 0.15) is 23.4 Å². The highest BCUT2D eigenvalue weighted by Gasteiger charge is 2.32. The lowest BCUT2D eigenvalue weighted by Crippen LogP contribution is -2.58. The average molecular weight is 555 g/mol. The van der Waals surface area contributed by atoms with E-state index >= 15 is 0 Å². The van der Waals surface area contributed by atoms with Crippen molar-refractivity contribution < 1.29 is 34.2 Å². The van der Waals surface area contributed by atoms with Crippen LogP contribution in [0.2, 0.25) is 0 Å². The number of carbonyl (C=O) groups excluding carboxylic acids is 3. The minimum Gasteiger partial charge on any atom is -0.481 e. The second kappa shape index (κ2) is 14.2. The molecule has 3 aromatic rings. The standard InChI is InChI=1S/C25H30N8O7/c26-17(6-14-4-2-1-3-5-14)22(36)31-18(7-15-10-27-12-29-15)23(37)32-19(9-21(34)35)24(38)33-20(25(39)40)8-16-11-28-13-30-16/h1-5,10-13,17-20H,6-9,26H2,(H,27,29)(H,28,30)(H,31,36)(H,32,37)(H,33,38)(H,34,35)(H,39,40). The number of imidazole rings is 2. The summed E-state index contributed by atoms with van der Waals surface area (Å²) in [5.74, 6) is -5.35. The van der Waals surface area contributed by atoms with Gasteiger partial charge in [0.25, 0.3) is 0 Å². The zero-order valence-electron chi connectivity index (χ0n) is 21.2. The highest BCUT2D eigenvalue weighted by molar-refractivity contribution is 5.95. The molecule has 0 radical (unpaired) electrons. The van der Waals surface area contributed by atoms with E-state index < -0.39 is 60.2 Å². The van der Waals surface area contributed by atoms with Crippen LogP contribution in [0, 0.1) is 0 Å². The Labute approximate surface area is 228 Å². The molecule has 3 amide bonds. The van der Waals surface area contributed by atoms with Gasteiger partial charge in [0.2, 0.25) is 17.7 Å². The van der Waals surface area contributed by atoms with E-state index in [0.29, 0.717) is 11.4 Å². The number of hydrogen-bond acceptors (Lipinski definition) is 8. The van der Waals surface area contributed by atoms with E-state index in [0.717, 1.165) is 5.56 Å². The highest BCUT2D eigenvalue weighted by Crippen LogP contribution is 2.06. The molecule has 15 heteroatoms. The summed E-state index contributed by atoms with van der Waals surface area (Å²) in [6, 6.07) is 3.67. The molecule has 3 rings (SSSR count). The maximum absolute atomic E-state index is 13.3. The van der Waals surface area contributed by atoms with Gasteiger partial charge in [-0.05, 0) is 12.0 Å². The Morgan fingerprint density at radius 1 is 0.750 bits per heavy atom. The molecule has 4 unspecified atom stereocenters. The van der Waals surface area contributed by atoms with Crippen molar-refractivity contribution in [2.24, 2.45) is 5.73 Å². The molecule has 0 aliphatic heterocycles. The van der Waals surface area contributed by atoms with E-state index in [1.807, 2.05) is 6.07 Å². The number of nitrogens with one attached hydrogen (secondary N) is 5. The topological polar surface area (TPSA) is 245 Å². The van der Waals surface area contributed by atoms with Gasteiger partial charge in [-0.25, -0.2) is 14.8 Å². The first-order valence-electron chi connectivity index (χ1n) is 12.2. The molecule has 2 aromatic heterocycles. The van der Waals surface area contributed by atoms with Gasteiger partial charge < -0.3 is 41.9 Å². The van der Waals surface area contributed by atoms with Gasteiger partial charge in [-0.2, -0.15) is 0 Å². The quantitative estimate of drug-likeness (QED) is 0.108. The van der Waals surface area contributed by atoms with Crippen molar-refractivity contribution in [3.05, 3.63) is 72.3 Å². The van der Waals surface area contributed by atoms with Gasteiger partial charge >= 0.3 is 11.9 Å². The number of aromatic amines is 2. The van der Waals surface area contributed by atoms with Crippen molar-refractivity contribution in [3.8, 4) is 0 Å². The third-order valence-electron chi connectivity index (χ3n) is 5.85. The van der Waals surface area contributed by atoms with Crippen molar-refractivity contribution in [2.75, 3.05) is 0 Å². The van der Waals surface area contributed by atoms with Crippen LogP contribution in [0.4, 0.5) is 0 Å². The van der Waals surface area contributed by atoms with Crippen LogP contribution in [-0.2, 0) is 43.2 Å². The van der Waals surface area contributed by atoms with Crippen molar-refractivity contribution in [3.63, 3.8) is 0 Å². The third-order valence-corrected chi connectivity index (χ3v) is 5.85. The van der Waals surface area contributed by atoms with E-state index in [-0.39, 0.29) is 19.3 Å². The van der Waals surface area contributed by atoms with Crippen molar-refractivity contribution in [1.82, 2.24) is 35.9 Å². The molecule has 0 saturated heterocycles. The van der Waals surface area contributed by atoms with Gasteiger partial charge in [-0.3, -0.25) is 19.2 Å². The summed E-state index contributed by atoms with van der Waals surface area (Å²) in [7, 11) is 0. The number of carboxylic acids is 2. The SMILES string of the molecule is NC(Cc1ccccc1)C(=O)NC(Cc1cnc[nH]1)C(=O)NC(CC(=O)O)C(=O)NC(Cc1cnc[nH]1)C(=O)O. The van der Waals surface area contributed by atoms with Gasteiger partial charge in [-0.1, -0.05) is 30.3 Å². The zero-order valence-corrected chi connectivity index (χ0v) is 21.2. The minimum atomic E-state index is -1.65. The Morgan fingerprint density at radius 2 is 1.27 bits per heavy atom. The first-order chi connectivity index (χ1) is 19.1. The summed E-state index contributed by atoms with van der Waals surface area (Å²) in [6.45, 7) is 0. The Bertz CT molecular complexity index is 1280. The number of nitrogens with two attached hydrogens (primary N) is 1. The number of carboxylic acid groups (broad SMARTS) is 2. The summed E-state index contributed by atoms with van der Waals surface area (Å²) in [6.07, 6.45) is 4.65. The number of amides is 3. The Hall–Kier alpha value is -5.05. The van der Waals surface area contributed by atoms with E-state index in [4.69, 9.17) is 5.73 Å². The fraction of sp³-hybridized carbons (Fsp3) is 0.320. The summed E-state index contributed by atoms with van der Waals surface area (Å²) < 4.78 is 0. The number of aromatic nitrogens is 4. The third kappa shape index (κ3) is 9.05. The lowest BCUT2D eigenvalue weighted by molar-refractivity contribution is -0.143. The van der Waals surface area contributed by atoms with Crippen molar-refractivity contribution in [1.29, 1.82) is 0 Å². The Kier molecular flexibility index (Phi) is 10.5. The predicted octanol–water partition coefficient (Wildman–Crippen LogP) is -1.50. The molecule has 0 bridgehead atoms. The lowest BCUT2D eigenvalue weighted by atomic mass is 10.0. The number of H-pyrrole nitrogens is 2. The molecule has 0 spiro atoms. The summed E-state index contributed by atoms with van der Waals surface area (Å²) >= 11 is 0. The summed E-state index contributed by atoms with van der Waals surface area (Å²) in [5, 5.41) is 26.0. The monoisotopic (exact) mass is 554 g/mol. The van der Waals surface area contributed by atoms with Crippen LogP contribution < -0.4 is 21.7 Å². The number of aliphatic carboxylic acids is 2. The molecule has 2 heterocycles. The fourth-order valence-electron chi connectivity index (χ4n) is 3.81. The zero-order chi connectivity index (χ0) is 29.1. The van der Waals surface area contributed by atoms with Gasteiger partial charge in [0, 0.05) is 36.6 Å². The van der Waals surface area contributed by atoms with Gasteiger partial charge in [0.05, 0.1) is 25.1 Å². The first kappa shape index (κ1) is 29.5. The molecule has 0 aliphatic carbocycles. The van der Waals surface area contributed by atoms with E-state index in [1.165, 1.54) is 25.0 Å². The van der Waals surface area contributed by atoms with E-state index in [1.54, 1.807) is 24.3 Å². The van der Waals surface area contributed by atoms with E-state index in [9.17, 15) is 34.2 Å². The van der Waals surface area contributed by atoms with Gasteiger partial charge in [0.15, 0.2) is 0 Å². The molecule has 9 N–H and O–H groups in total. The van der Waals surface area contributed by atoms with Crippen LogP contribution >= 0.6 is 0 Å². The molecular formula is C25H30N8O7. The normalized spacial score (nSPS) is 13.8. The number of nitrogens with zero attached hydrogens (tertiary/aromatic N) is 2. The number of carbonyl (C=O) groups is 5. The van der Waals surface area contributed by atoms with Crippen LogP contribution in [0.5, 0.6) is 0 Å². The molecule has 40 heavy (non-hydrogen) atoms. The number of benzene rings is 1. The maximum Gasteiger partial charge on any atom is 0.326 e. The molecule has 212 valence electrons. The molecule has 0 fully saturated rings. The smallest absolute Gasteiger partial charge is 0.326 e. The highest BCUT2D eigenvalue weighted by atomic mass is 16.4. The summed E-state index contributed by atoms with van der Waals surface area (Å²) in [5.41, 5.74) is 7.75. The van der Waals surface area contributed by atoms with Crippen LogP contribution in [0.25, 0.3) is 0 Å². The summed E-state index contributed by atoms with van der Waals surface area (Å²) in [4.78, 5) is 75.4. The molecule has 4 atom stereocenters. The molecular weight excluding hydrogens is 524 g/mol. The van der Waals surface area contributed by atoms with Crippen LogP contribution in [0.3, 0.4) is 0 Å². The first-order valence-corrected chi connectivity index (χ1v) is 12.2. The fourth-order valence-corrected chi connectivity index (χ4v) is 3.81. The number of hydrogen-bond donors (Lipinski definition) is 8. The molecule has 15 nitrogen and oxygen atoms in total. The van der Waals surface area contributed by atoms with Crippen molar-refractivity contribution in [2.45, 2.75) is 49.9 Å². The Balaban J connectivity index is 1.73. The largest absolute Gasteiger partial charge is 0.481 e. The van der Waals surface area contributed by atoms with Gasteiger partial charge in [-0.15, -0.1) is 0 Å². The molecule has 0 saturated carbocycles. The van der Waals surface area contributed by atoms with Crippen LogP contribution in [-0.4, -0.2) is 84.0 Å². The average Bonchev–Trinajstić information content (AvgIpc) is 3.62. The number of rotatable bonds is 15. The van der Waals surface area contributed by atoms with E-state index in [2.05, 4.69) is 35.9 Å². The van der Waals surface area contributed by atoms with Crippen LogP contribution in [0.15, 0.2) is 55.4 Å². The molecule has 1 aromatic carbocycles. The Morgan fingerprint density at radius 3 is 1.80 bits per heavy atom.